The van der Waals surface area contributed by atoms with Crippen molar-refractivity contribution in [2.75, 3.05) is 18.0 Å². The van der Waals surface area contributed by atoms with Crippen molar-refractivity contribution in [1.82, 2.24) is 19.5 Å². The quantitative estimate of drug-likeness (QED) is 0.701. The van der Waals surface area contributed by atoms with Gasteiger partial charge in [0, 0.05) is 25.5 Å². The van der Waals surface area contributed by atoms with Gasteiger partial charge in [-0.25, -0.2) is 24.2 Å². The Bertz CT molecular complexity index is 1010. The van der Waals surface area contributed by atoms with Crippen LogP contribution in [0.15, 0.2) is 30.6 Å². The summed E-state index contributed by atoms with van der Waals surface area (Å²) in [7, 11) is 0. The van der Waals surface area contributed by atoms with E-state index in [1.165, 1.54) is 0 Å². The number of imidazole rings is 1. The van der Waals surface area contributed by atoms with Crippen LogP contribution in [0.2, 0.25) is 5.02 Å². The molecular weight excluding hydrogens is 369 g/mol. The lowest BCUT2D eigenvalue weighted by atomic mass is 10.1. The minimum Gasteiger partial charge on any atom is -0.340 e. The molecule has 27 heavy (non-hydrogen) atoms. The van der Waals surface area contributed by atoms with Crippen LogP contribution < -0.4 is 10.6 Å². The fraction of sp³-hybridized carbons (Fsp3) is 0.333. The molecule has 1 aliphatic rings. The van der Waals surface area contributed by atoms with Crippen molar-refractivity contribution in [1.29, 1.82) is 0 Å². The lowest BCUT2D eigenvalue weighted by Gasteiger charge is -2.34. The van der Waals surface area contributed by atoms with E-state index in [4.69, 9.17) is 28.9 Å². The Balaban J connectivity index is 1.78. The molecule has 0 spiro atoms. The number of nitrogens with two attached hydrogens (primary N) is 1. The maximum Gasteiger partial charge on any atom is 0.206 e. The van der Waals surface area contributed by atoms with Crippen molar-refractivity contribution in [3.05, 3.63) is 52.9 Å². The second kappa shape index (κ2) is 7.10. The van der Waals surface area contributed by atoms with Gasteiger partial charge in [0.15, 0.2) is 5.69 Å². The van der Waals surface area contributed by atoms with Gasteiger partial charge in [-0.3, -0.25) is 0 Å². The molecule has 2 aromatic heterocycles. The third kappa shape index (κ3) is 3.44. The minimum atomic E-state index is -1.01. The van der Waals surface area contributed by atoms with Gasteiger partial charge in [-0.2, -0.15) is 0 Å². The van der Waals surface area contributed by atoms with Crippen LogP contribution in [0, 0.1) is 6.57 Å². The van der Waals surface area contributed by atoms with Gasteiger partial charge in [-0.1, -0.05) is 17.7 Å². The summed E-state index contributed by atoms with van der Waals surface area (Å²) in [6, 6.07) is 4.79. The zero-order chi connectivity index (χ0) is 19.0. The van der Waals surface area contributed by atoms with E-state index >= 15 is 0 Å². The first kappa shape index (κ1) is 17.6. The highest BCUT2D eigenvalue weighted by Gasteiger charge is 2.29. The Morgan fingerprint density at radius 3 is 2.81 bits per heavy atom. The molecule has 0 bridgehead atoms. The van der Waals surface area contributed by atoms with Crippen molar-refractivity contribution >= 4 is 34.3 Å². The van der Waals surface area contributed by atoms with Crippen molar-refractivity contribution in [3.63, 3.8) is 0 Å². The summed E-state index contributed by atoms with van der Waals surface area (Å²) in [6.07, 6.45) is 2.44. The molecule has 0 unspecified atom stereocenters. The van der Waals surface area contributed by atoms with Gasteiger partial charge in [-0.15, -0.1) is 0 Å². The Kier molecular flexibility index (Phi) is 4.64. The molecule has 9 heteroatoms. The highest BCUT2D eigenvalue weighted by atomic mass is 35.5. The first-order valence-electron chi connectivity index (χ1n) is 8.54. The van der Waals surface area contributed by atoms with Gasteiger partial charge in [0.1, 0.15) is 12.0 Å². The smallest absolute Gasteiger partial charge is 0.206 e. The average molecular weight is 386 g/mol. The Hall–Kier alpha value is -2.76. The Morgan fingerprint density at radius 1 is 1.33 bits per heavy atom. The molecular formula is C18H17ClFN7. The lowest BCUT2D eigenvalue weighted by molar-refractivity contribution is 0.243. The minimum absolute atomic E-state index is 0.356. The first-order chi connectivity index (χ1) is 13.0. The SMILES string of the molecule is [C-]#[N+]c1ccc2c(c1)nc(N1CC[C@H](F)[C@H](N)C1)n2Cc1ncc(Cl)cn1. The number of nitrogens with zero attached hydrogens (tertiary/aromatic N) is 6. The summed E-state index contributed by atoms with van der Waals surface area (Å²) >= 11 is 5.87. The molecule has 3 heterocycles. The molecule has 0 radical (unpaired) electrons. The fourth-order valence-corrected chi connectivity index (χ4v) is 3.37. The van der Waals surface area contributed by atoms with Crippen LogP contribution >= 0.6 is 11.6 Å². The van der Waals surface area contributed by atoms with Crippen LogP contribution in [0.3, 0.4) is 0 Å². The number of halogens is 2. The molecule has 4 rings (SSSR count). The summed E-state index contributed by atoms with van der Waals surface area (Å²) in [5, 5.41) is 0.465. The van der Waals surface area contributed by atoms with Gasteiger partial charge >= 0.3 is 0 Å². The number of anilines is 1. The van der Waals surface area contributed by atoms with E-state index in [2.05, 4.69) is 14.8 Å². The van der Waals surface area contributed by atoms with E-state index in [-0.39, 0.29) is 0 Å². The van der Waals surface area contributed by atoms with Crippen LogP contribution in [0.1, 0.15) is 12.2 Å². The van der Waals surface area contributed by atoms with E-state index in [9.17, 15) is 4.39 Å². The summed E-state index contributed by atoms with van der Waals surface area (Å²) in [4.78, 5) is 18.7. The maximum atomic E-state index is 13.8. The standard InChI is InChI=1S/C18H17ClFN7/c1-22-12-2-3-16-15(6-12)25-18(26-5-4-13(20)14(21)9-26)27(16)10-17-23-7-11(19)8-24-17/h2-3,6-8,13-14H,4-5,9-10,21H2/t13-,14+/m0/s1. The molecule has 2 N–H and O–H groups in total. The molecule has 7 nitrogen and oxygen atoms in total. The van der Waals surface area contributed by atoms with Crippen molar-refractivity contribution in [2.45, 2.75) is 25.2 Å². The Labute approximate surface area is 160 Å². The second-order valence-corrected chi connectivity index (χ2v) is 6.95. The molecule has 1 saturated heterocycles. The van der Waals surface area contributed by atoms with E-state index in [1.54, 1.807) is 24.5 Å². The first-order valence-corrected chi connectivity index (χ1v) is 8.91. The van der Waals surface area contributed by atoms with Crippen LogP contribution in [-0.4, -0.2) is 44.8 Å². The maximum absolute atomic E-state index is 13.8. The number of rotatable bonds is 3. The molecule has 1 aliphatic heterocycles. The van der Waals surface area contributed by atoms with Gasteiger partial charge in [0.2, 0.25) is 5.95 Å². The zero-order valence-electron chi connectivity index (χ0n) is 14.4. The van der Waals surface area contributed by atoms with Crippen molar-refractivity contribution < 1.29 is 4.39 Å². The number of aromatic nitrogens is 4. The molecule has 1 fully saturated rings. The topological polar surface area (TPSA) is 77.2 Å². The summed E-state index contributed by atoms with van der Waals surface area (Å²) < 4.78 is 15.8. The second-order valence-electron chi connectivity index (χ2n) is 6.51. The number of hydrogen-bond acceptors (Lipinski definition) is 5. The monoisotopic (exact) mass is 385 g/mol. The van der Waals surface area contributed by atoms with Crippen LogP contribution in [0.4, 0.5) is 16.0 Å². The molecule has 3 aromatic rings. The predicted molar refractivity (Wildman–Crippen MR) is 102 cm³/mol. The lowest BCUT2D eigenvalue weighted by Crippen LogP contribution is -2.50. The summed E-state index contributed by atoms with van der Waals surface area (Å²) in [5.74, 6) is 1.26. The van der Waals surface area contributed by atoms with Crippen LogP contribution in [0.25, 0.3) is 15.9 Å². The van der Waals surface area contributed by atoms with Gasteiger partial charge < -0.3 is 15.2 Å². The fourth-order valence-electron chi connectivity index (χ4n) is 3.27. The van der Waals surface area contributed by atoms with Crippen molar-refractivity contribution in [2.24, 2.45) is 5.73 Å². The number of alkyl halides is 1. The number of hydrogen-bond donors (Lipinski definition) is 1. The molecule has 0 amide bonds. The summed E-state index contributed by atoms with van der Waals surface area (Å²) in [5.41, 5.74) is 8.00. The zero-order valence-corrected chi connectivity index (χ0v) is 15.1. The third-order valence-corrected chi connectivity index (χ3v) is 4.86. The molecule has 0 saturated carbocycles. The van der Waals surface area contributed by atoms with Crippen LogP contribution in [0.5, 0.6) is 0 Å². The number of benzene rings is 1. The summed E-state index contributed by atoms with van der Waals surface area (Å²) in [6.45, 7) is 8.49. The average Bonchev–Trinajstić information content (AvgIpc) is 3.03. The van der Waals surface area contributed by atoms with Gasteiger partial charge in [-0.05, 0) is 18.6 Å². The van der Waals surface area contributed by atoms with E-state index in [0.717, 1.165) is 5.52 Å². The number of piperidine rings is 1. The van der Waals surface area contributed by atoms with Crippen molar-refractivity contribution in [3.8, 4) is 0 Å². The normalized spacial score (nSPS) is 20.0. The van der Waals surface area contributed by atoms with Gasteiger partial charge in [0.25, 0.3) is 0 Å². The number of fused-ring (bicyclic) bond motifs is 1. The van der Waals surface area contributed by atoms with E-state index in [0.29, 0.717) is 54.1 Å². The van der Waals surface area contributed by atoms with E-state index < -0.39 is 12.2 Å². The molecule has 138 valence electrons. The highest BCUT2D eigenvalue weighted by Crippen LogP contribution is 2.29. The van der Waals surface area contributed by atoms with E-state index in [1.807, 2.05) is 15.5 Å². The molecule has 1 aromatic carbocycles. The molecule has 0 aliphatic carbocycles. The van der Waals surface area contributed by atoms with Gasteiger partial charge in [0.05, 0.1) is 35.2 Å². The van der Waals surface area contributed by atoms with Crippen LogP contribution in [-0.2, 0) is 6.54 Å². The molecule has 2 atom stereocenters. The predicted octanol–water partition coefficient (Wildman–Crippen LogP) is 2.95. The largest absolute Gasteiger partial charge is 0.340 e. The third-order valence-electron chi connectivity index (χ3n) is 4.67. The Morgan fingerprint density at radius 2 is 2.11 bits per heavy atom. The highest BCUT2D eigenvalue weighted by molar-refractivity contribution is 6.30.